The molecule has 9 heteroatoms. The van der Waals surface area contributed by atoms with Gasteiger partial charge >= 0.3 is 0 Å². The summed E-state index contributed by atoms with van der Waals surface area (Å²) in [5.74, 6) is 3.76. The van der Waals surface area contributed by atoms with Gasteiger partial charge in [0.1, 0.15) is 11.9 Å². The molecule has 0 radical (unpaired) electrons. The molecular weight excluding hydrogens is 554 g/mol. The fraction of sp³-hybridized carbons (Fsp3) is 0.600. The second-order valence-electron chi connectivity index (χ2n) is 12.7. The summed E-state index contributed by atoms with van der Waals surface area (Å²) < 4.78 is 17.4. The third kappa shape index (κ3) is 8.65. The smallest absolute Gasteiger partial charge is 0.219 e. The van der Waals surface area contributed by atoms with E-state index in [1.54, 1.807) is 21.1 Å². The van der Waals surface area contributed by atoms with Crippen LogP contribution in [0.1, 0.15) is 49.8 Å². The number of ether oxygens (including phenoxy) is 3. The Morgan fingerprint density at radius 3 is 2.05 bits per heavy atom. The van der Waals surface area contributed by atoms with E-state index in [-0.39, 0.29) is 12.0 Å². The molecule has 5 rings (SSSR count). The number of amides is 1. The van der Waals surface area contributed by atoms with Crippen molar-refractivity contribution in [2.75, 3.05) is 86.2 Å². The number of carbonyl (C=O) groups is 1. The zero-order valence-corrected chi connectivity index (χ0v) is 26.7. The van der Waals surface area contributed by atoms with E-state index in [4.69, 9.17) is 14.2 Å². The molecule has 3 saturated heterocycles. The summed E-state index contributed by atoms with van der Waals surface area (Å²) in [6.45, 7) is 13.6. The molecule has 3 fully saturated rings. The van der Waals surface area contributed by atoms with Gasteiger partial charge in [-0.2, -0.15) is 5.26 Å². The second-order valence-corrected chi connectivity index (χ2v) is 12.7. The standard InChI is InChI=1S/C35H49N5O4/c1-27(41)40-18-16-37(17-19-40)14-5-15-39-25-29-20-30(26-39)24-38(23-29)13-4-6-33(31-9-7-28(22-36)8-10-31)44-32-11-12-34(42-2)35(21-32)43-3/h7-12,21,29-30,33H,4-6,13-20,23-26H2,1-3H3. The number of likely N-dealkylation sites (tertiary alicyclic amines) is 2. The Morgan fingerprint density at radius 1 is 0.841 bits per heavy atom. The largest absolute Gasteiger partial charge is 0.493 e. The van der Waals surface area contributed by atoms with E-state index in [0.29, 0.717) is 17.1 Å². The van der Waals surface area contributed by atoms with Gasteiger partial charge in [0.05, 0.1) is 25.9 Å². The molecule has 9 nitrogen and oxygen atoms in total. The number of methoxy groups -OCH3 is 2. The van der Waals surface area contributed by atoms with E-state index < -0.39 is 0 Å². The molecule has 44 heavy (non-hydrogen) atoms. The highest BCUT2D eigenvalue weighted by Gasteiger charge is 2.34. The molecule has 0 N–H and O–H groups in total. The minimum atomic E-state index is -0.119. The van der Waals surface area contributed by atoms with Gasteiger partial charge in [0.25, 0.3) is 0 Å². The maximum atomic E-state index is 11.6. The van der Waals surface area contributed by atoms with Gasteiger partial charge in [-0.1, -0.05) is 12.1 Å². The van der Waals surface area contributed by atoms with E-state index in [9.17, 15) is 10.1 Å². The minimum absolute atomic E-state index is 0.119. The number of piperidine rings is 2. The van der Waals surface area contributed by atoms with Crippen LogP contribution in [0.2, 0.25) is 0 Å². The molecule has 0 spiro atoms. The molecule has 2 bridgehead atoms. The van der Waals surface area contributed by atoms with Crippen molar-refractivity contribution in [3.05, 3.63) is 53.6 Å². The van der Waals surface area contributed by atoms with Gasteiger partial charge in [-0.05, 0) is 87.0 Å². The Morgan fingerprint density at radius 2 is 1.45 bits per heavy atom. The van der Waals surface area contributed by atoms with Crippen LogP contribution in [0.3, 0.4) is 0 Å². The van der Waals surface area contributed by atoms with Crippen molar-refractivity contribution in [3.63, 3.8) is 0 Å². The fourth-order valence-electron chi connectivity index (χ4n) is 7.28. The predicted molar refractivity (Wildman–Crippen MR) is 171 cm³/mol. The molecule has 2 aromatic rings. The zero-order valence-electron chi connectivity index (χ0n) is 26.7. The number of hydrogen-bond donors (Lipinski definition) is 0. The SMILES string of the molecule is COc1ccc(OC(CCCN2CC3CC(C2)CN(CCCN2CCN(C(C)=O)CC2)C3)c2ccc(C#N)cc2)cc1OC. The number of rotatable bonds is 13. The van der Waals surface area contributed by atoms with E-state index >= 15 is 0 Å². The van der Waals surface area contributed by atoms with Crippen LogP contribution in [0.5, 0.6) is 17.2 Å². The summed E-state index contributed by atoms with van der Waals surface area (Å²) in [7, 11) is 3.26. The lowest BCUT2D eigenvalue weighted by atomic mass is 9.84. The van der Waals surface area contributed by atoms with E-state index in [0.717, 1.165) is 75.3 Å². The highest BCUT2D eigenvalue weighted by molar-refractivity contribution is 5.73. The Bertz CT molecular complexity index is 1240. The molecule has 0 saturated carbocycles. The van der Waals surface area contributed by atoms with Gasteiger partial charge < -0.3 is 28.9 Å². The second kappa shape index (κ2) is 15.6. The molecular formula is C35H49N5O4. The fourth-order valence-corrected chi connectivity index (χ4v) is 7.28. The van der Waals surface area contributed by atoms with Crippen LogP contribution in [-0.4, -0.2) is 112 Å². The number of nitriles is 1. The van der Waals surface area contributed by atoms with Crippen LogP contribution in [0.15, 0.2) is 42.5 Å². The number of benzene rings is 2. The normalized spacial score (nSPS) is 21.8. The lowest BCUT2D eigenvalue weighted by molar-refractivity contribution is -0.130. The average Bonchev–Trinajstić information content (AvgIpc) is 3.04. The maximum Gasteiger partial charge on any atom is 0.219 e. The van der Waals surface area contributed by atoms with Crippen molar-refractivity contribution >= 4 is 5.91 Å². The highest BCUT2D eigenvalue weighted by atomic mass is 16.5. The summed E-state index contributed by atoms with van der Waals surface area (Å²) >= 11 is 0. The van der Waals surface area contributed by atoms with Crippen molar-refractivity contribution in [2.45, 2.75) is 38.7 Å². The molecule has 3 unspecified atom stereocenters. The topological polar surface area (TPSA) is 81.5 Å². The molecule has 1 amide bonds. The van der Waals surface area contributed by atoms with E-state index in [1.165, 1.54) is 45.6 Å². The molecule has 0 aromatic heterocycles. The van der Waals surface area contributed by atoms with Crippen LogP contribution in [0.25, 0.3) is 0 Å². The zero-order chi connectivity index (χ0) is 30.9. The first-order valence-electron chi connectivity index (χ1n) is 16.3. The molecule has 3 heterocycles. The maximum absolute atomic E-state index is 11.6. The summed E-state index contributed by atoms with van der Waals surface area (Å²) in [6.07, 6.45) is 4.37. The summed E-state index contributed by atoms with van der Waals surface area (Å²) in [6, 6.07) is 15.6. The van der Waals surface area contributed by atoms with Crippen LogP contribution in [0, 0.1) is 23.2 Å². The number of hydrogen-bond acceptors (Lipinski definition) is 8. The third-order valence-corrected chi connectivity index (χ3v) is 9.48. The lowest BCUT2D eigenvalue weighted by Gasteiger charge is -2.46. The summed E-state index contributed by atoms with van der Waals surface area (Å²) in [5.41, 5.74) is 1.73. The first kappa shape index (κ1) is 32.1. The van der Waals surface area contributed by atoms with Gasteiger partial charge in [0, 0.05) is 65.3 Å². The monoisotopic (exact) mass is 603 g/mol. The first-order chi connectivity index (χ1) is 21.4. The van der Waals surface area contributed by atoms with Gasteiger partial charge in [-0.3, -0.25) is 9.69 Å². The Balaban J connectivity index is 1.09. The van der Waals surface area contributed by atoms with Crippen molar-refractivity contribution in [1.29, 1.82) is 5.26 Å². The van der Waals surface area contributed by atoms with Crippen LogP contribution < -0.4 is 14.2 Å². The molecule has 3 aliphatic rings. The quantitative estimate of drug-likeness (QED) is 0.336. The van der Waals surface area contributed by atoms with Crippen LogP contribution in [0.4, 0.5) is 0 Å². The number of carbonyl (C=O) groups excluding carboxylic acids is 1. The van der Waals surface area contributed by atoms with Crippen molar-refractivity contribution < 1.29 is 19.0 Å². The molecule has 0 aliphatic carbocycles. The number of piperazine rings is 1. The molecule has 238 valence electrons. The van der Waals surface area contributed by atoms with Crippen molar-refractivity contribution in [2.24, 2.45) is 11.8 Å². The lowest BCUT2D eigenvalue weighted by Crippen LogP contribution is -2.53. The van der Waals surface area contributed by atoms with Gasteiger partial charge in [0.2, 0.25) is 5.91 Å². The van der Waals surface area contributed by atoms with Gasteiger partial charge in [-0.15, -0.1) is 0 Å². The molecule has 3 atom stereocenters. The number of nitrogens with zero attached hydrogens (tertiary/aromatic N) is 5. The van der Waals surface area contributed by atoms with Crippen LogP contribution >= 0.6 is 0 Å². The Kier molecular flexibility index (Phi) is 11.4. The molecule has 3 aliphatic heterocycles. The van der Waals surface area contributed by atoms with Crippen molar-refractivity contribution in [1.82, 2.24) is 19.6 Å². The third-order valence-electron chi connectivity index (χ3n) is 9.48. The Labute approximate surface area is 263 Å². The minimum Gasteiger partial charge on any atom is -0.493 e. The predicted octanol–water partition coefficient (Wildman–Crippen LogP) is 4.28. The summed E-state index contributed by atoms with van der Waals surface area (Å²) in [5, 5.41) is 9.27. The van der Waals surface area contributed by atoms with Gasteiger partial charge in [-0.25, -0.2) is 0 Å². The van der Waals surface area contributed by atoms with Crippen molar-refractivity contribution in [3.8, 4) is 23.3 Å². The van der Waals surface area contributed by atoms with E-state index in [1.807, 2.05) is 47.4 Å². The first-order valence-corrected chi connectivity index (χ1v) is 16.3. The number of fused-ring (bicyclic) bond motifs is 2. The summed E-state index contributed by atoms with van der Waals surface area (Å²) in [4.78, 5) is 21.5. The van der Waals surface area contributed by atoms with Crippen LogP contribution in [-0.2, 0) is 4.79 Å². The molecule has 2 aromatic carbocycles. The van der Waals surface area contributed by atoms with Gasteiger partial charge in [0.15, 0.2) is 11.5 Å². The average molecular weight is 604 g/mol. The highest BCUT2D eigenvalue weighted by Crippen LogP contribution is 2.35. The van der Waals surface area contributed by atoms with E-state index in [2.05, 4.69) is 20.8 Å². The Hall–Kier alpha value is -3.32.